The van der Waals surface area contributed by atoms with Crippen molar-refractivity contribution >= 4 is 41.0 Å². The largest absolute Gasteiger partial charge is 0.341 e. The molecule has 0 radical (unpaired) electrons. The molecule has 9 heteroatoms. The first kappa shape index (κ1) is 21.3. The number of amides is 2. The van der Waals surface area contributed by atoms with Gasteiger partial charge in [-0.1, -0.05) is 29.3 Å². The van der Waals surface area contributed by atoms with Gasteiger partial charge in [-0.05, 0) is 50.5 Å². The lowest BCUT2D eigenvalue weighted by Crippen LogP contribution is -2.52. The number of hydrogen-bond donors (Lipinski definition) is 2. The van der Waals surface area contributed by atoms with Gasteiger partial charge in [-0.3, -0.25) is 20.4 Å². The van der Waals surface area contributed by atoms with Gasteiger partial charge >= 0.3 is 0 Å². The maximum Gasteiger partial charge on any atom is 0.248 e. The van der Waals surface area contributed by atoms with Crippen LogP contribution >= 0.6 is 23.2 Å². The summed E-state index contributed by atoms with van der Waals surface area (Å²) >= 11 is 12.0. The lowest BCUT2D eigenvalue weighted by molar-refractivity contribution is -0.133. The zero-order valence-corrected chi connectivity index (χ0v) is 17.8. The minimum absolute atomic E-state index is 0.177. The number of rotatable bonds is 4. The third kappa shape index (κ3) is 4.97. The number of hydrogen-bond acceptors (Lipinski definition) is 5. The molecule has 0 spiro atoms. The summed E-state index contributed by atoms with van der Waals surface area (Å²) in [5, 5.41) is 0.801. The van der Waals surface area contributed by atoms with E-state index in [4.69, 9.17) is 23.2 Å². The number of benzene rings is 1. The third-order valence-electron chi connectivity index (χ3n) is 5.21. The topological polar surface area (TPSA) is 87.2 Å². The fraction of sp³-hybridized carbons (Fsp3) is 0.400. The van der Waals surface area contributed by atoms with Crippen LogP contribution in [-0.4, -0.2) is 34.9 Å². The molecule has 2 heterocycles. The van der Waals surface area contributed by atoms with Gasteiger partial charge in [-0.15, -0.1) is 0 Å². The second-order valence-electron chi connectivity index (χ2n) is 7.51. The van der Waals surface area contributed by atoms with Gasteiger partial charge in [0.15, 0.2) is 0 Å². The lowest BCUT2D eigenvalue weighted by Gasteiger charge is -2.31. The molecule has 29 heavy (non-hydrogen) atoms. The molecule has 3 rings (SSSR count). The Morgan fingerprint density at radius 1 is 1.07 bits per heavy atom. The standard InChI is InChI=1S/C20H23Cl2N5O2/c1-20(2,14-4-5-15(21)16(22)12-14)18(29)26-25-17(28)13-6-10-27(11-7-13)19-23-8-3-9-24-19/h3-5,8-9,12-13H,6-7,10-11H2,1-2H3,(H,25,28)(H,26,29). The van der Waals surface area contributed by atoms with Crippen LogP contribution in [0.3, 0.4) is 0 Å². The summed E-state index contributed by atoms with van der Waals surface area (Å²) in [5.74, 6) is -0.0392. The molecule has 0 aliphatic carbocycles. The first-order valence-electron chi connectivity index (χ1n) is 9.37. The van der Waals surface area contributed by atoms with Crippen molar-refractivity contribution in [1.82, 2.24) is 20.8 Å². The number of hydrazine groups is 1. The molecular weight excluding hydrogens is 413 g/mol. The van der Waals surface area contributed by atoms with Crippen LogP contribution in [0.15, 0.2) is 36.7 Å². The normalized spacial score (nSPS) is 15.1. The molecule has 1 aliphatic rings. The van der Waals surface area contributed by atoms with Crippen molar-refractivity contribution in [3.05, 3.63) is 52.3 Å². The Labute approximate surface area is 179 Å². The number of carbonyl (C=O) groups excluding carboxylic acids is 2. The molecule has 0 saturated carbocycles. The van der Waals surface area contributed by atoms with Gasteiger partial charge in [-0.2, -0.15) is 0 Å². The Morgan fingerprint density at radius 3 is 2.34 bits per heavy atom. The van der Waals surface area contributed by atoms with Crippen molar-refractivity contribution in [1.29, 1.82) is 0 Å². The Bertz CT molecular complexity index is 884. The van der Waals surface area contributed by atoms with Crippen molar-refractivity contribution in [2.24, 2.45) is 5.92 Å². The summed E-state index contributed by atoms with van der Waals surface area (Å²) < 4.78 is 0. The Morgan fingerprint density at radius 2 is 1.72 bits per heavy atom. The molecule has 2 N–H and O–H groups in total. The maximum absolute atomic E-state index is 12.7. The van der Waals surface area contributed by atoms with Crippen LogP contribution in [0.2, 0.25) is 10.0 Å². The van der Waals surface area contributed by atoms with Crippen LogP contribution in [0, 0.1) is 5.92 Å². The minimum atomic E-state index is -0.893. The number of nitrogens with one attached hydrogen (secondary N) is 2. The van der Waals surface area contributed by atoms with Crippen LogP contribution in [0.1, 0.15) is 32.3 Å². The highest BCUT2D eigenvalue weighted by Crippen LogP contribution is 2.30. The molecule has 2 aromatic rings. The second-order valence-corrected chi connectivity index (χ2v) is 8.32. The maximum atomic E-state index is 12.7. The zero-order valence-electron chi connectivity index (χ0n) is 16.3. The van der Waals surface area contributed by atoms with Crippen molar-refractivity contribution in [3.63, 3.8) is 0 Å². The summed E-state index contributed by atoms with van der Waals surface area (Å²) in [5.41, 5.74) is 4.91. The highest BCUT2D eigenvalue weighted by molar-refractivity contribution is 6.42. The van der Waals surface area contributed by atoms with Gasteiger partial charge in [-0.25, -0.2) is 9.97 Å². The third-order valence-corrected chi connectivity index (χ3v) is 5.95. The molecule has 0 unspecified atom stereocenters. The molecule has 0 bridgehead atoms. The monoisotopic (exact) mass is 435 g/mol. The van der Waals surface area contributed by atoms with E-state index in [1.54, 1.807) is 50.5 Å². The van der Waals surface area contributed by atoms with E-state index < -0.39 is 5.41 Å². The number of piperidine rings is 1. The highest BCUT2D eigenvalue weighted by Gasteiger charge is 2.32. The van der Waals surface area contributed by atoms with Gasteiger partial charge in [0.05, 0.1) is 15.5 Å². The van der Waals surface area contributed by atoms with Gasteiger partial charge in [0.25, 0.3) is 0 Å². The lowest BCUT2D eigenvalue weighted by atomic mass is 9.84. The smallest absolute Gasteiger partial charge is 0.248 e. The van der Waals surface area contributed by atoms with Crippen molar-refractivity contribution in [3.8, 4) is 0 Å². The summed E-state index contributed by atoms with van der Waals surface area (Å²) in [4.78, 5) is 35.7. The number of halogens is 2. The van der Waals surface area contributed by atoms with E-state index in [1.165, 1.54) is 0 Å². The molecular formula is C20H23Cl2N5O2. The second kappa shape index (κ2) is 8.97. The van der Waals surface area contributed by atoms with Crippen molar-refractivity contribution in [2.45, 2.75) is 32.1 Å². The van der Waals surface area contributed by atoms with E-state index in [2.05, 4.69) is 25.7 Å². The van der Waals surface area contributed by atoms with Gasteiger partial charge in [0.1, 0.15) is 0 Å². The molecule has 1 aliphatic heterocycles. The molecule has 1 aromatic heterocycles. The quantitative estimate of drug-likeness (QED) is 0.720. The molecule has 7 nitrogen and oxygen atoms in total. The van der Waals surface area contributed by atoms with E-state index >= 15 is 0 Å². The van der Waals surface area contributed by atoms with E-state index in [9.17, 15) is 9.59 Å². The zero-order chi connectivity index (χ0) is 21.0. The van der Waals surface area contributed by atoms with E-state index in [0.29, 0.717) is 47.5 Å². The number of carbonyl (C=O) groups is 2. The number of nitrogens with zero attached hydrogens (tertiary/aromatic N) is 3. The molecule has 2 amide bonds. The first-order chi connectivity index (χ1) is 13.8. The first-order valence-corrected chi connectivity index (χ1v) is 10.1. The average molecular weight is 436 g/mol. The summed E-state index contributed by atoms with van der Waals surface area (Å²) in [6.45, 7) is 4.88. The Hall–Kier alpha value is -2.38. The molecule has 0 atom stereocenters. The molecule has 1 saturated heterocycles. The average Bonchev–Trinajstić information content (AvgIpc) is 2.74. The van der Waals surface area contributed by atoms with Gasteiger partial charge in [0.2, 0.25) is 17.8 Å². The van der Waals surface area contributed by atoms with Crippen LogP contribution in [0.5, 0.6) is 0 Å². The molecule has 1 aromatic carbocycles. The van der Waals surface area contributed by atoms with E-state index in [1.807, 2.05) is 0 Å². The molecule has 154 valence electrons. The van der Waals surface area contributed by atoms with Crippen LogP contribution in [0.4, 0.5) is 5.95 Å². The Balaban J connectivity index is 1.52. The van der Waals surface area contributed by atoms with Gasteiger partial charge in [0, 0.05) is 31.4 Å². The fourth-order valence-electron chi connectivity index (χ4n) is 3.19. The summed E-state index contributed by atoms with van der Waals surface area (Å²) in [6.07, 6.45) is 4.73. The number of aromatic nitrogens is 2. The predicted molar refractivity (Wildman–Crippen MR) is 113 cm³/mol. The number of anilines is 1. The fourth-order valence-corrected chi connectivity index (χ4v) is 3.49. The van der Waals surface area contributed by atoms with E-state index in [0.717, 1.165) is 0 Å². The SMILES string of the molecule is CC(C)(C(=O)NNC(=O)C1CCN(c2ncccn2)CC1)c1ccc(Cl)c(Cl)c1. The van der Waals surface area contributed by atoms with Gasteiger partial charge < -0.3 is 4.90 Å². The van der Waals surface area contributed by atoms with Crippen molar-refractivity contribution < 1.29 is 9.59 Å². The summed E-state index contributed by atoms with van der Waals surface area (Å²) in [6, 6.07) is 6.83. The highest BCUT2D eigenvalue weighted by atomic mass is 35.5. The summed E-state index contributed by atoms with van der Waals surface area (Å²) in [7, 11) is 0. The van der Waals surface area contributed by atoms with Crippen molar-refractivity contribution in [2.75, 3.05) is 18.0 Å². The van der Waals surface area contributed by atoms with E-state index in [-0.39, 0.29) is 17.7 Å². The predicted octanol–water partition coefficient (Wildman–Crippen LogP) is 3.13. The van der Waals surface area contributed by atoms with Crippen LogP contribution in [-0.2, 0) is 15.0 Å². The van der Waals surface area contributed by atoms with Crippen LogP contribution < -0.4 is 15.8 Å². The molecule has 1 fully saturated rings. The van der Waals surface area contributed by atoms with Crippen LogP contribution in [0.25, 0.3) is 0 Å². The Kier molecular flexibility index (Phi) is 6.59. The minimum Gasteiger partial charge on any atom is -0.341 e.